The Morgan fingerprint density at radius 2 is 2.04 bits per heavy atom. The zero-order valence-corrected chi connectivity index (χ0v) is 15.2. The van der Waals surface area contributed by atoms with Crippen LogP contribution in [0.3, 0.4) is 0 Å². The highest BCUT2D eigenvalue weighted by Crippen LogP contribution is 2.33. The summed E-state index contributed by atoms with van der Waals surface area (Å²) < 4.78 is 5.10. The summed E-state index contributed by atoms with van der Waals surface area (Å²) in [6.07, 6.45) is 1.96. The first-order chi connectivity index (χ1) is 11.0. The van der Waals surface area contributed by atoms with Gasteiger partial charge in [0, 0.05) is 15.3 Å². The van der Waals surface area contributed by atoms with Crippen LogP contribution in [0.25, 0.3) is 0 Å². The van der Waals surface area contributed by atoms with Crippen molar-refractivity contribution in [1.29, 1.82) is 0 Å². The van der Waals surface area contributed by atoms with Crippen molar-refractivity contribution in [2.75, 3.05) is 18.2 Å². The molecule has 1 N–H and O–H groups in total. The van der Waals surface area contributed by atoms with Gasteiger partial charge >= 0.3 is 5.97 Å². The number of amides is 1. The van der Waals surface area contributed by atoms with E-state index in [4.69, 9.17) is 4.74 Å². The molecule has 0 atom stereocenters. The highest BCUT2D eigenvalue weighted by Gasteiger charge is 2.22. The quantitative estimate of drug-likeness (QED) is 0.637. The third-order valence-electron chi connectivity index (χ3n) is 3.42. The summed E-state index contributed by atoms with van der Waals surface area (Å²) in [4.78, 5) is 26.6. The van der Waals surface area contributed by atoms with Crippen molar-refractivity contribution in [1.82, 2.24) is 0 Å². The lowest BCUT2D eigenvalue weighted by atomic mass is 10.1. The second-order valence-corrected chi connectivity index (χ2v) is 7.00. The van der Waals surface area contributed by atoms with Gasteiger partial charge in [-0.3, -0.25) is 4.79 Å². The van der Waals surface area contributed by atoms with Crippen molar-refractivity contribution in [3.63, 3.8) is 0 Å². The Hall–Kier alpha value is -1.79. The van der Waals surface area contributed by atoms with Gasteiger partial charge in [0.1, 0.15) is 5.00 Å². The van der Waals surface area contributed by atoms with E-state index >= 15 is 0 Å². The summed E-state index contributed by atoms with van der Waals surface area (Å²) in [5.74, 6) is -0.629. The second kappa shape index (κ2) is 7.66. The number of esters is 1. The molecule has 1 heterocycles. The number of benzene rings is 1. The van der Waals surface area contributed by atoms with E-state index in [9.17, 15) is 9.59 Å². The maximum Gasteiger partial charge on any atom is 0.341 e. The van der Waals surface area contributed by atoms with Crippen molar-refractivity contribution < 1.29 is 14.3 Å². The third-order valence-corrected chi connectivity index (χ3v) is 5.27. The van der Waals surface area contributed by atoms with Crippen LogP contribution in [0.4, 0.5) is 5.00 Å². The first-order valence-electron chi connectivity index (χ1n) is 7.20. The summed E-state index contributed by atoms with van der Waals surface area (Å²) in [6.45, 7) is 5.85. The summed E-state index contributed by atoms with van der Waals surface area (Å²) in [7, 11) is 0. The fourth-order valence-corrected chi connectivity index (χ4v) is 3.61. The lowest BCUT2D eigenvalue weighted by Crippen LogP contribution is -2.14. The standard InChI is InChI=1S/C17H19NO3S2/c1-5-21-17(20)14-10(2)11(3)23-16(14)18-15(19)12-7-6-8-13(9-12)22-4/h6-9H,5H2,1-4H3,(H,18,19). The third kappa shape index (κ3) is 3.95. The van der Waals surface area contributed by atoms with Gasteiger partial charge in [-0.25, -0.2) is 4.79 Å². The van der Waals surface area contributed by atoms with E-state index in [-0.39, 0.29) is 5.91 Å². The molecule has 0 fully saturated rings. The summed E-state index contributed by atoms with van der Waals surface area (Å²) >= 11 is 2.97. The van der Waals surface area contributed by atoms with Crippen molar-refractivity contribution in [3.8, 4) is 0 Å². The predicted molar refractivity (Wildman–Crippen MR) is 95.9 cm³/mol. The molecule has 1 aromatic heterocycles. The van der Waals surface area contributed by atoms with Gasteiger partial charge in [0.2, 0.25) is 0 Å². The van der Waals surface area contributed by atoms with Gasteiger partial charge in [0.25, 0.3) is 5.91 Å². The number of thiophene rings is 1. The van der Waals surface area contributed by atoms with Crippen molar-refractivity contribution in [3.05, 3.63) is 45.8 Å². The highest BCUT2D eigenvalue weighted by atomic mass is 32.2. The fraction of sp³-hybridized carbons (Fsp3) is 0.294. The fourth-order valence-electron chi connectivity index (χ4n) is 2.10. The van der Waals surface area contributed by atoms with Gasteiger partial charge in [-0.15, -0.1) is 23.1 Å². The average Bonchev–Trinajstić information content (AvgIpc) is 2.82. The number of aryl methyl sites for hydroxylation is 1. The van der Waals surface area contributed by atoms with Crippen molar-refractivity contribution >= 4 is 40.0 Å². The van der Waals surface area contributed by atoms with Crippen LogP contribution in [0.5, 0.6) is 0 Å². The Labute approximate surface area is 144 Å². The van der Waals surface area contributed by atoms with Crippen LogP contribution in [-0.4, -0.2) is 24.7 Å². The molecule has 0 aliphatic heterocycles. The topological polar surface area (TPSA) is 55.4 Å². The molecule has 6 heteroatoms. The van der Waals surface area contributed by atoms with Gasteiger partial charge in [-0.1, -0.05) is 6.07 Å². The van der Waals surface area contributed by atoms with E-state index in [1.54, 1.807) is 24.8 Å². The van der Waals surface area contributed by atoms with E-state index in [1.165, 1.54) is 11.3 Å². The average molecular weight is 349 g/mol. The van der Waals surface area contributed by atoms with Gasteiger partial charge in [-0.2, -0.15) is 0 Å². The molecule has 0 unspecified atom stereocenters. The van der Waals surface area contributed by atoms with Crippen LogP contribution < -0.4 is 5.32 Å². The highest BCUT2D eigenvalue weighted by molar-refractivity contribution is 7.98. The molecule has 0 radical (unpaired) electrons. The molecule has 0 aliphatic carbocycles. The lowest BCUT2D eigenvalue weighted by Gasteiger charge is -2.08. The largest absolute Gasteiger partial charge is 0.462 e. The number of nitrogens with one attached hydrogen (secondary N) is 1. The summed E-state index contributed by atoms with van der Waals surface area (Å²) in [5.41, 5.74) is 1.86. The molecular weight excluding hydrogens is 330 g/mol. The smallest absolute Gasteiger partial charge is 0.341 e. The number of hydrogen-bond donors (Lipinski definition) is 1. The Bertz CT molecular complexity index is 737. The Morgan fingerprint density at radius 3 is 2.70 bits per heavy atom. The number of rotatable bonds is 5. The second-order valence-electron chi connectivity index (χ2n) is 4.89. The molecule has 0 spiro atoms. The molecule has 122 valence electrons. The molecule has 23 heavy (non-hydrogen) atoms. The molecule has 4 nitrogen and oxygen atoms in total. The predicted octanol–water partition coefficient (Wildman–Crippen LogP) is 4.52. The monoisotopic (exact) mass is 349 g/mol. The van der Waals surface area contributed by atoms with Gasteiger partial charge in [-0.05, 0) is 50.8 Å². The SMILES string of the molecule is CCOC(=O)c1c(NC(=O)c2cccc(SC)c2)sc(C)c1C. The van der Waals surface area contributed by atoms with Crippen LogP contribution in [-0.2, 0) is 4.74 Å². The van der Waals surface area contributed by atoms with Gasteiger partial charge < -0.3 is 10.1 Å². The molecule has 1 aromatic carbocycles. The van der Waals surface area contributed by atoms with Gasteiger partial charge in [0.15, 0.2) is 0 Å². The van der Waals surface area contributed by atoms with E-state index in [2.05, 4.69) is 5.32 Å². The number of hydrogen-bond acceptors (Lipinski definition) is 5. The molecular formula is C17H19NO3S2. The maximum absolute atomic E-state index is 12.5. The molecule has 0 saturated carbocycles. The van der Waals surface area contributed by atoms with E-state index < -0.39 is 5.97 Å². The lowest BCUT2D eigenvalue weighted by molar-refractivity contribution is 0.0527. The molecule has 1 amide bonds. The van der Waals surface area contributed by atoms with E-state index in [1.807, 2.05) is 38.3 Å². The summed E-state index contributed by atoms with van der Waals surface area (Å²) in [6, 6.07) is 7.38. The van der Waals surface area contributed by atoms with Crippen LogP contribution in [0, 0.1) is 13.8 Å². The van der Waals surface area contributed by atoms with E-state index in [0.29, 0.717) is 22.7 Å². The summed E-state index contributed by atoms with van der Waals surface area (Å²) in [5, 5.41) is 3.39. The van der Waals surface area contributed by atoms with Crippen LogP contribution >= 0.6 is 23.1 Å². The Balaban J connectivity index is 2.30. The zero-order valence-electron chi connectivity index (χ0n) is 13.6. The van der Waals surface area contributed by atoms with Crippen LogP contribution in [0.1, 0.15) is 38.1 Å². The van der Waals surface area contributed by atoms with Crippen molar-refractivity contribution in [2.24, 2.45) is 0 Å². The minimum atomic E-state index is -0.400. The van der Waals surface area contributed by atoms with E-state index in [0.717, 1.165) is 15.3 Å². The maximum atomic E-state index is 12.5. The zero-order chi connectivity index (χ0) is 17.0. The molecule has 0 saturated heterocycles. The molecule has 0 bridgehead atoms. The number of anilines is 1. The Kier molecular flexibility index (Phi) is 5.85. The normalized spacial score (nSPS) is 10.4. The number of thioether (sulfide) groups is 1. The number of carbonyl (C=O) groups is 2. The van der Waals surface area contributed by atoms with Crippen LogP contribution in [0.15, 0.2) is 29.2 Å². The Morgan fingerprint density at radius 1 is 1.30 bits per heavy atom. The first-order valence-corrected chi connectivity index (χ1v) is 9.24. The first kappa shape index (κ1) is 17.6. The number of ether oxygens (including phenoxy) is 1. The molecule has 2 aromatic rings. The molecule has 2 rings (SSSR count). The van der Waals surface area contributed by atoms with Crippen molar-refractivity contribution in [2.45, 2.75) is 25.7 Å². The molecule has 0 aliphatic rings. The van der Waals surface area contributed by atoms with Crippen LogP contribution in [0.2, 0.25) is 0 Å². The van der Waals surface area contributed by atoms with Gasteiger partial charge in [0.05, 0.1) is 12.2 Å². The number of carbonyl (C=O) groups excluding carboxylic acids is 2. The minimum absolute atomic E-state index is 0.229. The minimum Gasteiger partial charge on any atom is -0.462 e.